The second kappa shape index (κ2) is 3.76. The molecular formula is C6H10LiN2. The van der Waals surface area contributed by atoms with Gasteiger partial charge < -0.3 is 0 Å². The van der Waals surface area contributed by atoms with Crippen LogP contribution in [0.2, 0.25) is 0 Å². The van der Waals surface area contributed by atoms with E-state index in [1.165, 1.54) is 0 Å². The van der Waals surface area contributed by atoms with Crippen molar-refractivity contribution in [2.24, 2.45) is 0 Å². The summed E-state index contributed by atoms with van der Waals surface area (Å²) in [5, 5.41) is 3.98. The second-order valence-electron chi connectivity index (χ2n) is 2.00. The van der Waals surface area contributed by atoms with E-state index >= 15 is 0 Å². The Kier molecular flexibility index (Phi) is 3.68. The molecule has 0 spiro atoms. The molecule has 0 saturated carbocycles. The Morgan fingerprint density at radius 2 is 2.22 bits per heavy atom. The first kappa shape index (κ1) is 8.81. The van der Waals surface area contributed by atoms with E-state index in [1.54, 1.807) is 16.9 Å². The van der Waals surface area contributed by atoms with Crippen molar-refractivity contribution in [3.63, 3.8) is 0 Å². The van der Waals surface area contributed by atoms with E-state index in [4.69, 9.17) is 0 Å². The Balaban J connectivity index is 0.000000640. The number of hydrogen-bond donors (Lipinski definition) is 0. The monoisotopic (exact) mass is 117 g/mol. The minimum absolute atomic E-state index is 0. The van der Waals surface area contributed by atoms with Gasteiger partial charge in [0.2, 0.25) is 0 Å². The molecule has 1 aromatic rings. The molecule has 45 valence electrons. The molecule has 0 amide bonds. The van der Waals surface area contributed by atoms with Gasteiger partial charge in [0.1, 0.15) is 0 Å². The Morgan fingerprint density at radius 3 is 2.44 bits per heavy atom. The first-order chi connectivity index (χ1) is 3.80. The molecule has 0 N–H and O–H groups in total. The normalized spacial score (nSPS) is 9.22. The summed E-state index contributed by atoms with van der Waals surface area (Å²) in [6, 6.07) is 2.24. The Bertz CT molecular complexity index is 146. The van der Waals surface area contributed by atoms with Crippen LogP contribution < -0.4 is 0 Å². The van der Waals surface area contributed by atoms with Gasteiger partial charge in [-0.15, -0.1) is 0 Å². The first-order valence-corrected chi connectivity index (χ1v) is 2.72. The van der Waals surface area contributed by atoms with Crippen LogP contribution in [0.15, 0.2) is 12.3 Å². The van der Waals surface area contributed by atoms with Crippen LogP contribution in [-0.4, -0.2) is 28.6 Å². The van der Waals surface area contributed by atoms with Crippen LogP contribution in [-0.2, 0) is 0 Å². The van der Waals surface area contributed by atoms with Gasteiger partial charge in [0.15, 0.2) is 0 Å². The van der Waals surface area contributed by atoms with Crippen LogP contribution in [0, 0.1) is 6.20 Å². The number of rotatable bonds is 1. The maximum atomic E-state index is 3.98. The van der Waals surface area contributed by atoms with Gasteiger partial charge in [-0.3, -0.25) is 4.68 Å². The van der Waals surface area contributed by atoms with E-state index in [1.807, 2.05) is 0 Å². The molecule has 3 heteroatoms. The van der Waals surface area contributed by atoms with Crippen molar-refractivity contribution >= 4 is 18.9 Å². The van der Waals surface area contributed by atoms with Crippen molar-refractivity contribution in [1.29, 1.82) is 0 Å². The van der Waals surface area contributed by atoms with E-state index in [0.717, 1.165) is 0 Å². The van der Waals surface area contributed by atoms with Gasteiger partial charge in [0, 0.05) is 12.2 Å². The molecular weight excluding hydrogens is 107 g/mol. The zero-order valence-corrected chi connectivity index (χ0v) is 5.13. The van der Waals surface area contributed by atoms with Gasteiger partial charge in [-0.25, -0.2) is 0 Å². The average Bonchev–Trinajstić information content (AvgIpc) is 2.12. The molecule has 0 fully saturated rings. The van der Waals surface area contributed by atoms with E-state index in [2.05, 4.69) is 25.1 Å². The summed E-state index contributed by atoms with van der Waals surface area (Å²) in [6.45, 7) is 4.15. The van der Waals surface area contributed by atoms with Crippen molar-refractivity contribution in [3.05, 3.63) is 18.5 Å². The van der Waals surface area contributed by atoms with Crippen LogP contribution >= 0.6 is 0 Å². The average molecular weight is 117 g/mol. The van der Waals surface area contributed by atoms with Crippen LogP contribution in [0.25, 0.3) is 0 Å². The molecule has 2 nitrogen and oxygen atoms in total. The third kappa shape index (κ3) is 2.25. The summed E-state index contributed by atoms with van der Waals surface area (Å²) in [4.78, 5) is 0. The number of nitrogens with zero attached hydrogens (tertiary/aromatic N) is 2. The summed E-state index contributed by atoms with van der Waals surface area (Å²) >= 11 is 0. The van der Waals surface area contributed by atoms with Crippen molar-refractivity contribution in [1.82, 2.24) is 9.78 Å². The molecule has 0 saturated heterocycles. The standard InChI is InChI=1S/C6H9N2.Li.H/c1-6(2)8-5-3-4-7-8;;/h3-4,6H,1-2H3;;. The van der Waals surface area contributed by atoms with Crippen LogP contribution in [0.1, 0.15) is 19.9 Å². The molecule has 0 aliphatic heterocycles. The van der Waals surface area contributed by atoms with Crippen molar-refractivity contribution in [2.75, 3.05) is 0 Å². The third-order valence-corrected chi connectivity index (χ3v) is 0.962. The van der Waals surface area contributed by atoms with Gasteiger partial charge in [-0.2, -0.15) is 5.10 Å². The zero-order valence-electron chi connectivity index (χ0n) is 5.13. The van der Waals surface area contributed by atoms with Gasteiger partial charge in [0.05, 0.1) is 6.20 Å². The first-order valence-electron chi connectivity index (χ1n) is 2.72. The molecule has 0 aliphatic carbocycles. The van der Waals surface area contributed by atoms with E-state index in [9.17, 15) is 0 Å². The summed E-state index contributed by atoms with van der Waals surface area (Å²) in [7, 11) is 0. The third-order valence-electron chi connectivity index (χ3n) is 0.962. The van der Waals surface area contributed by atoms with Gasteiger partial charge in [-0.1, -0.05) is 0 Å². The van der Waals surface area contributed by atoms with E-state index < -0.39 is 0 Å². The topological polar surface area (TPSA) is 17.8 Å². The molecule has 0 aromatic carbocycles. The molecule has 0 bridgehead atoms. The van der Waals surface area contributed by atoms with Gasteiger partial charge >= 0.3 is 18.9 Å². The molecule has 9 heavy (non-hydrogen) atoms. The van der Waals surface area contributed by atoms with Crippen LogP contribution in [0.3, 0.4) is 0 Å². The summed E-state index contributed by atoms with van der Waals surface area (Å²) < 4.78 is 1.79. The quantitative estimate of drug-likeness (QED) is 0.493. The molecule has 1 radical (unpaired) electrons. The summed E-state index contributed by atoms with van der Waals surface area (Å²) in [5.74, 6) is 0. The Morgan fingerprint density at radius 1 is 1.56 bits per heavy atom. The van der Waals surface area contributed by atoms with Gasteiger partial charge in [0.25, 0.3) is 0 Å². The Hall–Kier alpha value is -0.193. The molecule has 0 atom stereocenters. The van der Waals surface area contributed by atoms with E-state index in [-0.39, 0.29) is 18.9 Å². The fourth-order valence-corrected chi connectivity index (χ4v) is 0.531. The van der Waals surface area contributed by atoms with Gasteiger partial charge in [-0.05, 0) is 19.9 Å². The maximum absolute atomic E-state index is 3.98. The summed E-state index contributed by atoms with van der Waals surface area (Å²) in [5.41, 5.74) is 0. The fourth-order valence-electron chi connectivity index (χ4n) is 0.531. The molecule has 1 aromatic heterocycles. The van der Waals surface area contributed by atoms with Crippen molar-refractivity contribution < 1.29 is 0 Å². The molecule has 0 aliphatic rings. The van der Waals surface area contributed by atoms with E-state index in [0.29, 0.717) is 6.04 Å². The fraction of sp³-hybridized carbons (Fsp3) is 0.500. The molecule has 0 unspecified atom stereocenters. The second-order valence-corrected chi connectivity index (χ2v) is 2.00. The Labute approximate surface area is 67.4 Å². The molecule has 1 rings (SSSR count). The van der Waals surface area contributed by atoms with Crippen LogP contribution in [0.4, 0.5) is 0 Å². The summed E-state index contributed by atoms with van der Waals surface area (Å²) in [6.07, 6.45) is 4.68. The SMILES string of the molecule is CC(C)n1[c]ccn1.[LiH]. The van der Waals surface area contributed by atoms with Crippen LogP contribution in [0.5, 0.6) is 0 Å². The van der Waals surface area contributed by atoms with Crippen molar-refractivity contribution in [2.45, 2.75) is 19.9 Å². The minimum atomic E-state index is 0. The predicted octanol–water partition coefficient (Wildman–Crippen LogP) is 0.616. The number of aromatic nitrogens is 2. The van der Waals surface area contributed by atoms with Crippen molar-refractivity contribution in [3.8, 4) is 0 Å². The molecule has 1 heterocycles. The zero-order chi connectivity index (χ0) is 5.98. The predicted molar refractivity (Wildman–Crippen MR) is 38.6 cm³/mol. The number of hydrogen-bond acceptors (Lipinski definition) is 1.